The van der Waals surface area contributed by atoms with Gasteiger partial charge < -0.3 is 10.2 Å². The zero-order chi connectivity index (χ0) is 19.7. The zero-order valence-corrected chi connectivity index (χ0v) is 16.0. The molecule has 2 aromatic rings. The van der Waals surface area contributed by atoms with Crippen LogP contribution in [0.1, 0.15) is 37.7 Å². The van der Waals surface area contributed by atoms with Crippen LogP contribution in [0.25, 0.3) is 0 Å². The van der Waals surface area contributed by atoms with E-state index in [0.717, 1.165) is 50.0 Å². The largest absolute Gasteiger partial charge is 0.353 e. The number of anilines is 1. The van der Waals surface area contributed by atoms with E-state index >= 15 is 0 Å². The van der Waals surface area contributed by atoms with Crippen molar-refractivity contribution in [3.63, 3.8) is 0 Å². The van der Waals surface area contributed by atoms with Gasteiger partial charge in [-0.05, 0) is 55.9 Å². The number of aryl methyl sites for hydroxylation is 1. The Hall–Kier alpha value is -2.70. The summed E-state index contributed by atoms with van der Waals surface area (Å²) >= 11 is 0. The minimum atomic E-state index is -0.512. The Morgan fingerprint density at radius 1 is 1.21 bits per heavy atom. The summed E-state index contributed by atoms with van der Waals surface area (Å²) < 4.78 is 14.6. The topological polar surface area (TPSA) is 67.2 Å². The first-order valence-electron chi connectivity index (χ1n) is 9.85. The maximum atomic E-state index is 13.2. The van der Waals surface area contributed by atoms with Crippen LogP contribution in [0.15, 0.2) is 41.2 Å². The summed E-state index contributed by atoms with van der Waals surface area (Å²) in [4.78, 5) is 26.7. The number of aromatic nitrogens is 2. The minimum Gasteiger partial charge on any atom is -0.353 e. The van der Waals surface area contributed by atoms with Crippen molar-refractivity contribution in [3.8, 4) is 0 Å². The van der Waals surface area contributed by atoms with Gasteiger partial charge in [-0.1, -0.05) is 12.1 Å². The summed E-state index contributed by atoms with van der Waals surface area (Å²) in [6, 6.07) is 9.68. The average molecular weight is 384 g/mol. The van der Waals surface area contributed by atoms with Gasteiger partial charge in [-0.15, -0.1) is 0 Å². The molecular weight excluding hydrogens is 359 g/mol. The van der Waals surface area contributed by atoms with Gasteiger partial charge in [0.15, 0.2) is 0 Å². The molecule has 6 nitrogen and oxygen atoms in total. The number of nitrogens with zero attached hydrogens (tertiary/aromatic N) is 3. The van der Waals surface area contributed by atoms with Crippen molar-refractivity contribution in [2.75, 3.05) is 18.0 Å². The fourth-order valence-electron chi connectivity index (χ4n) is 4.08. The quantitative estimate of drug-likeness (QED) is 0.858. The van der Waals surface area contributed by atoms with Crippen molar-refractivity contribution in [1.29, 1.82) is 0 Å². The molecular formula is C21H25FN4O2. The van der Waals surface area contributed by atoms with E-state index < -0.39 is 5.41 Å². The predicted molar refractivity (Wildman–Crippen MR) is 105 cm³/mol. The maximum absolute atomic E-state index is 13.2. The second kappa shape index (κ2) is 7.37. The molecule has 0 spiro atoms. The molecule has 1 saturated carbocycles. The van der Waals surface area contributed by atoms with Gasteiger partial charge in [0.05, 0.1) is 5.41 Å². The normalized spacial score (nSPS) is 20.6. The van der Waals surface area contributed by atoms with Gasteiger partial charge in [0.2, 0.25) is 5.91 Å². The van der Waals surface area contributed by atoms with Gasteiger partial charge in [-0.2, -0.15) is 5.10 Å². The maximum Gasteiger partial charge on any atom is 0.266 e. The Bertz CT molecular complexity index is 921. The number of piperidine rings is 1. The Balaban J connectivity index is 1.45. The molecule has 1 unspecified atom stereocenters. The summed E-state index contributed by atoms with van der Waals surface area (Å²) in [6.45, 7) is 1.39. The van der Waals surface area contributed by atoms with E-state index in [4.69, 9.17) is 0 Å². The van der Waals surface area contributed by atoms with Crippen LogP contribution >= 0.6 is 0 Å². The summed E-state index contributed by atoms with van der Waals surface area (Å²) in [5, 5.41) is 7.50. The van der Waals surface area contributed by atoms with Crippen molar-refractivity contribution >= 4 is 11.7 Å². The molecule has 7 heteroatoms. The molecule has 1 atom stereocenters. The Morgan fingerprint density at radius 3 is 2.64 bits per heavy atom. The monoisotopic (exact) mass is 384 g/mol. The average Bonchev–Trinajstić information content (AvgIpc) is 3.51. The Kier molecular flexibility index (Phi) is 4.91. The predicted octanol–water partition coefficient (Wildman–Crippen LogP) is 2.13. The lowest BCUT2D eigenvalue weighted by atomic mass is 9.94. The first-order chi connectivity index (χ1) is 13.5. The van der Waals surface area contributed by atoms with Crippen molar-refractivity contribution in [2.24, 2.45) is 7.05 Å². The van der Waals surface area contributed by atoms with Crippen molar-refractivity contribution in [2.45, 2.75) is 43.6 Å². The number of benzene rings is 1. The highest BCUT2D eigenvalue weighted by Crippen LogP contribution is 2.48. The number of nitrogens with one attached hydrogen (secondary N) is 1. The van der Waals surface area contributed by atoms with E-state index in [1.54, 1.807) is 25.2 Å². The smallest absolute Gasteiger partial charge is 0.266 e. The highest BCUT2D eigenvalue weighted by atomic mass is 19.1. The molecule has 2 heterocycles. The van der Waals surface area contributed by atoms with Crippen LogP contribution in [0.2, 0.25) is 0 Å². The second-order valence-corrected chi connectivity index (χ2v) is 7.80. The third-order valence-electron chi connectivity index (χ3n) is 5.95. The molecule has 2 aliphatic rings. The SMILES string of the molecule is Cn1nc(N2CCCCC2CNC(=O)C2(c3ccc(F)cc3)CC2)ccc1=O. The number of carbonyl (C=O) groups excluding carboxylic acids is 1. The van der Waals surface area contributed by atoms with Crippen LogP contribution < -0.4 is 15.8 Å². The van der Waals surface area contributed by atoms with Gasteiger partial charge in [-0.25, -0.2) is 9.07 Å². The van der Waals surface area contributed by atoms with Crippen LogP contribution in [0.5, 0.6) is 0 Å². The van der Waals surface area contributed by atoms with E-state index in [0.29, 0.717) is 6.54 Å². The molecule has 1 aliphatic heterocycles. The Morgan fingerprint density at radius 2 is 1.96 bits per heavy atom. The van der Waals surface area contributed by atoms with Crippen LogP contribution in [-0.4, -0.2) is 34.8 Å². The fourth-order valence-corrected chi connectivity index (χ4v) is 4.08. The first-order valence-corrected chi connectivity index (χ1v) is 9.85. The second-order valence-electron chi connectivity index (χ2n) is 7.80. The summed E-state index contributed by atoms with van der Waals surface area (Å²) in [6.07, 6.45) is 4.72. The van der Waals surface area contributed by atoms with Gasteiger partial charge in [-0.3, -0.25) is 9.59 Å². The first kappa shape index (κ1) is 18.7. The third-order valence-corrected chi connectivity index (χ3v) is 5.95. The van der Waals surface area contributed by atoms with E-state index in [-0.39, 0.29) is 23.3 Å². The van der Waals surface area contributed by atoms with Crippen LogP contribution in [0.4, 0.5) is 10.2 Å². The van der Waals surface area contributed by atoms with Gasteiger partial charge in [0.1, 0.15) is 11.6 Å². The van der Waals surface area contributed by atoms with Gasteiger partial charge in [0.25, 0.3) is 5.56 Å². The summed E-state index contributed by atoms with van der Waals surface area (Å²) in [5.74, 6) is 0.487. The van der Waals surface area contributed by atoms with Crippen molar-refractivity contribution in [1.82, 2.24) is 15.1 Å². The molecule has 2 fully saturated rings. The molecule has 0 radical (unpaired) electrons. The standard InChI is InChI=1S/C21H25FN4O2/c1-25-19(27)10-9-18(24-25)26-13-3-2-4-17(26)14-23-20(28)21(11-12-21)15-5-7-16(22)8-6-15/h5-10,17H,2-4,11-14H2,1H3,(H,23,28). The fraction of sp³-hybridized carbons (Fsp3) is 0.476. The van der Waals surface area contributed by atoms with Crippen LogP contribution in [0.3, 0.4) is 0 Å². The molecule has 28 heavy (non-hydrogen) atoms. The number of hydrogen-bond donors (Lipinski definition) is 1. The molecule has 4 rings (SSSR count). The van der Waals surface area contributed by atoms with Crippen molar-refractivity contribution < 1.29 is 9.18 Å². The highest BCUT2D eigenvalue weighted by Gasteiger charge is 2.51. The van der Waals surface area contributed by atoms with Crippen LogP contribution in [0, 0.1) is 5.82 Å². The minimum absolute atomic E-state index is 0.0121. The molecule has 0 bridgehead atoms. The molecule has 1 N–H and O–H groups in total. The molecule has 1 aromatic carbocycles. The number of amides is 1. The lowest BCUT2D eigenvalue weighted by Gasteiger charge is -2.37. The molecule has 1 aromatic heterocycles. The summed E-state index contributed by atoms with van der Waals surface area (Å²) in [7, 11) is 1.64. The van der Waals surface area contributed by atoms with Gasteiger partial charge >= 0.3 is 0 Å². The molecule has 1 amide bonds. The lowest BCUT2D eigenvalue weighted by molar-refractivity contribution is -0.123. The molecule has 1 aliphatic carbocycles. The Labute approximate surface area is 163 Å². The number of rotatable bonds is 5. The van der Waals surface area contributed by atoms with Gasteiger partial charge in [0, 0.05) is 32.2 Å². The third kappa shape index (κ3) is 3.53. The van der Waals surface area contributed by atoms with E-state index in [2.05, 4.69) is 15.3 Å². The van der Waals surface area contributed by atoms with E-state index in [9.17, 15) is 14.0 Å². The summed E-state index contributed by atoms with van der Waals surface area (Å²) in [5.41, 5.74) is 0.231. The number of carbonyl (C=O) groups is 1. The lowest BCUT2D eigenvalue weighted by Crippen LogP contribution is -2.49. The number of halogens is 1. The molecule has 1 saturated heterocycles. The van der Waals surface area contributed by atoms with E-state index in [1.165, 1.54) is 22.9 Å². The zero-order valence-electron chi connectivity index (χ0n) is 16.0. The van der Waals surface area contributed by atoms with Crippen molar-refractivity contribution in [3.05, 3.63) is 58.1 Å². The van der Waals surface area contributed by atoms with E-state index in [1.807, 2.05) is 0 Å². The molecule has 148 valence electrons. The highest BCUT2D eigenvalue weighted by molar-refractivity contribution is 5.91. The van der Waals surface area contributed by atoms with Crippen LogP contribution in [-0.2, 0) is 17.3 Å². The number of hydrogen-bond acceptors (Lipinski definition) is 4.